The van der Waals surface area contributed by atoms with Crippen LogP contribution in [0.25, 0.3) is 0 Å². The summed E-state index contributed by atoms with van der Waals surface area (Å²) in [5.74, 6) is -1.13. The van der Waals surface area contributed by atoms with Crippen LogP contribution in [0, 0.1) is 5.92 Å². The van der Waals surface area contributed by atoms with Crippen LogP contribution in [0.2, 0.25) is 0 Å². The van der Waals surface area contributed by atoms with E-state index in [4.69, 9.17) is 9.84 Å². The van der Waals surface area contributed by atoms with Crippen LogP contribution in [0.4, 0.5) is 4.79 Å². The maximum Gasteiger partial charge on any atom is 0.330 e. The van der Waals surface area contributed by atoms with Gasteiger partial charge in [0.25, 0.3) is 0 Å². The summed E-state index contributed by atoms with van der Waals surface area (Å²) in [5.41, 5.74) is 2.62. The molecule has 2 amide bonds. The summed E-state index contributed by atoms with van der Waals surface area (Å²) in [7, 11) is 0. The SMILES string of the molecule is CCC(C)C(NC(=O)NN1CCOCC1)C(=O)O. The molecule has 7 heteroatoms. The number of nitrogens with zero attached hydrogens (tertiary/aromatic N) is 1. The molecule has 1 fully saturated rings. The molecule has 0 aromatic heterocycles. The molecule has 2 atom stereocenters. The topological polar surface area (TPSA) is 90.9 Å². The number of carbonyl (C=O) groups excluding carboxylic acids is 1. The first kappa shape index (κ1) is 14.7. The number of nitrogens with one attached hydrogen (secondary N) is 2. The van der Waals surface area contributed by atoms with Crippen molar-refractivity contribution in [2.45, 2.75) is 26.3 Å². The zero-order valence-corrected chi connectivity index (χ0v) is 10.8. The Kier molecular flexibility index (Phi) is 5.87. The second-order valence-corrected chi connectivity index (χ2v) is 4.39. The van der Waals surface area contributed by atoms with E-state index < -0.39 is 18.0 Å². The van der Waals surface area contributed by atoms with E-state index in [1.807, 2.05) is 6.92 Å². The summed E-state index contributed by atoms with van der Waals surface area (Å²) in [5, 5.41) is 13.3. The van der Waals surface area contributed by atoms with E-state index in [0.29, 0.717) is 32.7 Å². The summed E-state index contributed by atoms with van der Waals surface area (Å²) >= 11 is 0. The van der Waals surface area contributed by atoms with Crippen LogP contribution >= 0.6 is 0 Å². The molecule has 0 aromatic carbocycles. The number of amides is 2. The van der Waals surface area contributed by atoms with Gasteiger partial charge in [0, 0.05) is 13.1 Å². The predicted molar refractivity (Wildman–Crippen MR) is 64.9 cm³/mol. The van der Waals surface area contributed by atoms with Gasteiger partial charge in [0.15, 0.2) is 0 Å². The third-order valence-corrected chi connectivity index (χ3v) is 3.04. The maximum atomic E-state index is 11.7. The van der Waals surface area contributed by atoms with Crippen LogP contribution in [0.1, 0.15) is 20.3 Å². The Balaban J connectivity index is 2.42. The summed E-state index contributed by atoms with van der Waals surface area (Å²) in [6, 6.07) is -1.35. The third kappa shape index (κ3) is 4.50. The van der Waals surface area contributed by atoms with Crippen molar-refractivity contribution in [3.05, 3.63) is 0 Å². The molecule has 1 saturated heterocycles. The smallest absolute Gasteiger partial charge is 0.330 e. The van der Waals surface area contributed by atoms with Crippen molar-refractivity contribution >= 4 is 12.0 Å². The quantitative estimate of drug-likeness (QED) is 0.648. The molecule has 3 N–H and O–H groups in total. The van der Waals surface area contributed by atoms with Gasteiger partial charge in [-0.1, -0.05) is 20.3 Å². The number of hydrogen-bond donors (Lipinski definition) is 3. The first-order valence-corrected chi connectivity index (χ1v) is 6.17. The lowest BCUT2D eigenvalue weighted by Gasteiger charge is -2.28. The van der Waals surface area contributed by atoms with Crippen LogP contribution in [0.15, 0.2) is 0 Å². The first-order valence-electron chi connectivity index (χ1n) is 6.17. The monoisotopic (exact) mass is 259 g/mol. The van der Waals surface area contributed by atoms with Crippen molar-refractivity contribution in [2.24, 2.45) is 5.92 Å². The number of rotatable bonds is 5. The minimum atomic E-state index is -1.01. The van der Waals surface area contributed by atoms with Gasteiger partial charge in [0.05, 0.1) is 13.2 Å². The number of ether oxygens (including phenoxy) is 1. The van der Waals surface area contributed by atoms with E-state index in [2.05, 4.69) is 10.7 Å². The predicted octanol–water partition coefficient (Wildman–Crippen LogP) is 0.0321. The lowest BCUT2D eigenvalue weighted by atomic mass is 10.00. The Morgan fingerprint density at radius 3 is 2.50 bits per heavy atom. The van der Waals surface area contributed by atoms with Crippen LogP contribution in [0.3, 0.4) is 0 Å². The average Bonchev–Trinajstić information content (AvgIpc) is 2.36. The zero-order valence-electron chi connectivity index (χ0n) is 10.8. The van der Waals surface area contributed by atoms with E-state index in [1.165, 1.54) is 0 Å². The molecule has 1 rings (SSSR count). The second kappa shape index (κ2) is 7.17. The number of morpholine rings is 1. The van der Waals surface area contributed by atoms with Gasteiger partial charge in [0.2, 0.25) is 0 Å². The zero-order chi connectivity index (χ0) is 13.5. The van der Waals surface area contributed by atoms with Crippen LogP contribution < -0.4 is 10.7 Å². The number of carbonyl (C=O) groups is 2. The Hall–Kier alpha value is -1.34. The maximum absolute atomic E-state index is 11.7. The summed E-state index contributed by atoms with van der Waals surface area (Å²) in [6.45, 7) is 6.03. The minimum absolute atomic E-state index is 0.113. The molecule has 1 aliphatic heterocycles. The number of urea groups is 1. The van der Waals surface area contributed by atoms with E-state index in [-0.39, 0.29) is 5.92 Å². The molecule has 104 valence electrons. The van der Waals surface area contributed by atoms with Crippen LogP contribution in [-0.2, 0) is 9.53 Å². The number of carboxylic acids is 1. The van der Waals surface area contributed by atoms with Crippen molar-refractivity contribution in [3.8, 4) is 0 Å². The fraction of sp³-hybridized carbons (Fsp3) is 0.818. The Morgan fingerprint density at radius 1 is 1.39 bits per heavy atom. The van der Waals surface area contributed by atoms with Gasteiger partial charge in [-0.25, -0.2) is 14.6 Å². The van der Waals surface area contributed by atoms with Crippen LogP contribution in [-0.4, -0.2) is 54.5 Å². The largest absolute Gasteiger partial charge is 0.480 e. The molecule has 18 heavy (non-hydrogen) atoms. The fourth-order valence-corrected chi connectivity index (χ4v) is 1.68. The van der Waals surface area contributed by atoms with Crippen LogP contribution in [0.5, 0.6) is 0 Å². The highest BCUT2D eigenvalue weighted by atomic mass is 16.5. The first-order chi connectivity index (χ1) is 8.54. The highest BCUT2D eigenvalue weighted by Gasteiger charge is 2.26. The molecule has 7 nitrogen and oxygen atoms in total. The van der Waals surface area contributed by atoms with Gasteiger partial charge in [-0.3, -0.25) is 5.43 Å². The van der Waals surface area contributed by atoms with Gasteiger partial charge in [-0.05, 0) is 5.92 Å². The molecular weight excluding hydrogens is 238 g/mol. The third-order valence-electron chi connectivity index (χ3n) is 3.04. The molecule has 0 aliphatic carbocycles. The Labute approximate surface area is 106 Å². The molecule has 2 unspecified atom stereocenters. The highest BCUT2D eigenvalue weighted by Crippen LogP contribution is 2.07. The molecule has 1 aliphatic rings. The van der Waals surface area contributed by atoms with E-state index in [0.717, 1.165) is 0 Å². The summed E-state index contributed by atoms with van der Waals surface area (Å²) in [6.07, 6.45) is 0.689. The van der Waals surface area contributed by atoms with E-state index in [1.54, 1.807) is 11.9 Å². The molecule has 0 radical (unpaired) electrons. The number of hydrogen-bond acceptors (Lipinski definition) is 4. The molecule has 1 heterocycles. The van der Waals surface area contributed by atoms with Crippen molar-refractivity contribution in [3.63, 3.8) is 0 Å². The molecular formula is C11H21N3O4. The van der Waals surface area contributed by atoms with Crippen molar-refractivity contribution < 1.29 is 19.4 Å². The number of hydrazine groups is 1. The normalized spacial score (nSPS) is 19.9. The lowest BCUT2D eigenvalue weighted by Crippen LogP contribution is -2.55. The average molecular weight is 259 g/mol. The van der Waals surface area contributed by atoms with Crippen molar-refractivity contribution in [1.29, 1.82) is 0 Å². The van der Waals surface area contributed by atoms with Crippen molar-refractivity contribution in [1.82, 2.24) is 15.8 Å². The van der Waals surface area contributed by atoms with Crippen molar-refractivity contribution in [2.75, 3.05) is 26.3 Å². The minimum Gasteiger partial charge on any atom is -0.480 e. The molecule has 0 aromatic rings. The lowest BCUT2D eigenvalue weighted by molar-refractivity contribution is -0.140. The fourth-order valence-electron chi connectivity index (χ4n) is 1.68. The number of aliphatic carboxylic acids is 1. The van der Waals surface area contributed by atoms with E-state index >= 15 is 0 Å². The second-order valence-electron chi connectivity index (χ2n) is 4.39. The van der Waals surface area contributed by atoms with Gasteiger partial charge < -0.3 is 15.2 Å². The molecule has 0 saturated carbocycles. The van der Waals surface area contributed by atoms with Gasteiger partial charge >= 0.3 is 12.0 Å². The molecule has 0 spiro atoms. The number of carboxylic acid groups (broad SMARTS) is 1. The van der Waals surface area contributed by atoms with Gasteiger partial charge in [-0.15, -0.1) is 0 Å². The standard InChI is InChI=1S/C11H21N3O4/c1-3-8(2)9(10(15)16)12-11(17)13-14-4-6-18-7-5-14/h8-9H,3-7H2,1-2H3,(H,15,16)(H2,12,13,17). The molecule has 0 bridgehead atoms. The Morgan fingerprint density at radius 2 is 2.00 bits per heavy atom. The van der Waals surface area contributed by atoms with Gasteiger partial charge in [0.1, 0.15) is 6.04 Å². The summed E-state index contributed by atoms with van der Waals surface area (Å²) < 4.78 is 5.15. The Bertz CT molecular complexity index is 292. The highest BCUT2D eigenvalue weighted by molar-refractivity contribution is 5.82. The van der Waals surface area contributed by atoms with E-state index in [9.17, 15) is 9.59 Å². The summed E-state index contributed by atoms with van der Waals surface area (Å²) in [4.78, 5) is 22.7. The van der Waals surface area contributed by atoms with Gasteiger partial charge in [-0.2, -0.15) is 0 Å².